The van der Waals surface area contributed by atoms with Gasteiger partial charge in [-0.25, -0.2) is 0 Å². The second kappa shape index (κ2) is 6.46. The summed E-state index contributed by atoms with van der Waals surface area (Å²) in [6.45, 7) is 2.07. The lowest BCUT2D eigenvalue weighted by Gasteiger charge is -2.02. The summed E-state index contributed by atoms with van der Waals surface area (Å²) in [5.74, 6) is 0.818. The molecule has 0 saturated carbocycles. The van der Waals surface area contributed by atoms with Crippen molar-refractivity contribution < 1.29 is 4.79 Å². The van der Waals surface area contributed by atoms with Gasteiger partial charge in [0.25, 0.3) is 0 Å². The fraction of sp³-hybridized carbons (Fsp3) is 0.167. The van der Waals surface area contributed by atoms with Crippen LogP contribution in [0.3, 0.4) is 0 Å². The number of aryl methyl sites for hydroxylation is 1. The van der Waals surface area contributed by atoms with E-state index in [9.17, 15) is 4.79 Å². The van der Waals surface area contributed by atoms with Crippen molar-refractivity contribution in [3.8, 4) is 0 Å². The third kappa shape index (κ3) is 3.55. The summed E-state index contributed by atoms with van der Waals surface area (Å²) >= 11 is 3.34. The standard InChI is InChI=1S/C18H16OS2/c1-13-5-4-6-16(9-13)20-12-15(19)10-14-11-21-18-8-3-2-7-17(14)18/h2-9,11H,10,12H2,1H3. The van der Waals surface area contributed by atoms with E-state index in [0.717, 1.165) is 5.56 Å². The second-order valence-corrected chi connectivity index (χ2v) is 7.04. The molecule has 0 aliphatic carbocycles. The first-order chi connectivity index (χ1) is 10.2. The first-order valence-electron chi connectivity index (χ1n) is 6.88. The zero-order valence-electron chi connectivity index (χ0n) is 11.8. The molecule has 1 nitrogen and oxygen atoms in total. The normalized spacial score (nSPS) is 10.9. The highest BCUT2D eigenvalue weighted by Crippen LogP contribution is 2.27. The maximum atomic E-state index is 12.2. The largest absolute Gasteiger partial charge is 0.298 e. The third-order valence-corrected chi connectivity index (χ3v) is 5.40. The Morgan fingerprint density at radius 1 is 1.14 bits per heavy atom. The minimum atomic E-state index is 0.282. The Morgan fingerprint density at radius 2 is 2.00 bits per heavy atom. The van der Waals surface area contributed by atoms with Gasteiger partial charge < -0.3 is 0 Å². The first kappa shape index (κ1) is 14.4. The van der Waals surface area contributed by atoms with Gasteiger partial charge in [0.1, 0.15) is 5.78 Å². The monoisotopic (exact) mass is 312 g/mol. The van der Waals surface area contributed by atoms with Crippen molar-refractivity contribution in [2.45, 2.75) is 18.2 Å². The van der Waals surface area contributed by atoms with Crippen LogP contribution in [0.25, 0.3) is 10.1 Å². The topological polar surface area (TPSA) is 17.1 Å². The van der Waals surface area contributed by atoms with E-state index in [2.05, 4.69) is 42.6 Å². The second-order valence-electron chi connectivity index (χ2n) is 5.08. The van der Waals surface area contributed by atoms with E-state index in [1.807, 2.05) is 18.2 Å². The van der Waals surface area contributed by atoms with Crippen LogP contribution in [0.15, 0.2) is 58.8 Å². The molecule has 1 aromatic heterocycles. The number of fused-ring (bicyclic) bond motifs is 1. The molecular formula is C18H16OS2. The molecule has 3 heteroatoms. The number of benzene rings is 2. The Bertz CT molecular complexity index is 773. The molecule has 2 aromatic carbocycles. The molecule has 3 rings (SSSR count). The molecule has 1 heterocycles. The fourth-order valence-electron chi connectivity index (χ4n) is 2.30. The summed E-state index contributed by atoms with van der Waals surface area (Å²) in [6.07, 6.45) is 0.531. The SMILES string of the molecule is Cc1cccc(SCC(=O)Cc2csc3ccccc23)c1. The van der Waals surface area contributed by atoms with Gasteiger partial charge in [0.15, 0.2) is 0 Å². The van der Waals surface area contributed by atoms with Crippen LogP contribution in [0.2, 0.25) is 0 Å². The van der Waals surface area contributed by atoms with E-state index in [4.69, 9.17) is 0 Å². The van der Waals surface area contributed by atoms with Crippen molar-refractivity contribution >= 4 is 39.0 Å². The molecule has 0 aliphatic heterocycles. The lowest BCUT2D eigenvalue weighted by atomic mass is 10.1. The van der Waals surface area contributed by atoms with Gasteiger partial charge in [-0.05, 0) is 41.5 Å². The van der Waals surface area contributed by atoms with Crippen molar-refractivity contribution in [1.82, 2.24) is 0 Å². The molecule has 0 atom stereocenters. The van der Waals surface area contributed by atoms with E-state index >= 15 is 0 Å². The van der Waals surface area contributed by atoms with Crippen LogP contribution in [-0.4, -0.2) is 11.5 Å². The zero-order valence-corrected chi connectivity index (χ0v) is 13.5. The van der Waals surface area contributed by atoms with Gasteiger partial charge >= 0.3 is 0 Å². The molecule has 0 bridgehead atoms. The Kier molecular flexibility index (Phi) is 4.42. The molecule has 0 N–H and O–H groups in total. The molecule has 0 spiro atoms. The van der Waals surface area contributed by atoms with Gasteiger partial charge in [-0.15, -0.1) is 23.1 Å². The van der Waals surface area contributed by atoms with Gasteiger partial charge in [0.2, 0.25) is 0 Å². The molecule has 0 amide bonds. The predicted molar refractivity (Wildman–Crippen MR) is 92.4 cm³/mol. The van der Waals surface area contributed by atoms with Crippen molar-refractivity contribution in [1.29, 1.82) is 0 Å². The number of hydrogen-bond donors (Lipinski definition) is 0. The van der Waals surface area contributed by atoms with E-state index in [0.29, 0.717) is 12.2 Å². The summed E-state index contributed by atoms with van der Waals surface area (Å²) in [6, 6.07) is 16.6. The lowest BCUT2D eigenvalue weighted by Crippen LogP contribution is -2.05. The first-order valence-corrected chi connectivity index (χ1v) is 8.75. The van der Waals surface area contributed by atoms with Crippen LogP contribution in [0.4, 0.5) is 0 Å². The molecule has 0 saturated heterocycles. The number of thiophene rings is 1. The number of carbonyl (C=O) groups is 1. The summed E-state index contributed by atoms with van der Waals surface area (Å²) in [4.78, 5) is 13.4. The minimum Gasteiger partial charge on any atom is -0.298 e. The number of ketones is 1. The molecule has 0 radical (unpaired) electrons. The molecular weight excluding hydrogens is 296 g/mol. The van der Waals surface area contributed by atoms with Crippen molar-refractivity contribution in [3.05, 3.63) is 65.0 Å². The Balaban J connectivity index is 1.64. The zero-order chi connectivity index (χ0) is 14.7. The Labute approximate surface area is 133 Å². The summed E-state index contributed by atoms with van der Waals surface area (Å²) < 4.78 is 1.26. The van der Waals surface area contributed by atoms with Crippen LogP contribution in [0.1, 0.15) is 11.1 Å². The number of carbonyl (C=O) groups excluding carboxylic acids is 1. The highest BCUT2D eigenvalue weighted by molar-refractivity contribution is 8.00. The van der Waals surface area contributed by atoms with Crippen molar-refractivity contribution in [2.24, 2.45) is 0 Å². The molecule has 21 heavy (non-hydrogen) atoms. The van der Waals surface area contributed by atoms with Gasteiger partial charge in [-0.3, -0.25) is 4.79 Å². The smallest absolute Gasteiger partial charge is 0.147 e. The number of thioether (sulfide) groups is 1. The maximum Gasteiger partial charge on any atom is 0.147 e. The average Bonchev–Trinajstić information content (AvgIpc) is 2.89. The van der Waals surface area contributed by atoms with Gasteiger partial charge in [-0.1, -0.05) is 35.9 Å². The summed E-state index contributed by atoms with van der Waals surface area (Å²) in [5, 5.41) is 3.33. The van der Waals surface area contributed by atoms with E-state index in [-0.39, 0.29) is 5.78 Å². The predicted octanol–water partition coefficient (Wildman–Crippen LogP) is 5.11. The summed E-state index contributed by atoms with van der Waals surface area (Å²) in [5.41, 5.74) is 2.39. The van der Waals surface area contributed by atoms with E-state index in [1.165, 1.54) is 20.5 Å². The van der Waals surface area contributed by atoms with Crippen LogP contribution >= 0.6 is 23.1 Å². The van der Waals surface area contributed by atoms with Crippen LogP contribution in [0, 0.1) is 6.92 Å². The molecule has 3 aromatic rings. The van der Waals surface area contributed by atoms with E-state index < -0.39 is 0 Å². The number of hydrogen-bond acceptors (Lipinski definition) is 3. The lowest BCUT2D eigenvalue weighted by molar-refractivity contribution is -0.115. The molecule has 0 fully saturated rings. The Hall–Kier alpha value is -1.58. The highest BCUT2D eigenvalue weighted by atomic mass is 32.2. The van der Waals surface area contributed by atoms with Gasteiger partial charge in [0.05, 0.1) is 5.75 Å². The third-order valence-electron chi connectivity index (χ3n) is 3.34. The van der Waals surface area contributed by atoms with Crippen molar-refractivity contribution in [2.75, 3.05) is 5.75 Å². The van der Waals surface area contributed by atoms with Crippen molar-refractivity contribution in [3.63, 3.8) is 0 Å². The minimum absolute atomic E-state index is 0.282. The fourth-order valence-corrected chi connectivity index (χ4v) is 4.14. The van der Waals surface area contributed by atoms with E-state index in [1.54, 1.807) is 23.1 Å². The maximum absolute atomic E-state index is 12.2. The van der Waals surface area contributed by atoms with Crippen LogP contribution in [-0.2, 0) is 11.2 Å². The van der Waals surface area contributed by atoms with Gasteiger partial charge in [-0.2, -0.15) is 0 Å². The molecule has 0 unspecified atom stereocenters. The van der Waals surface area contributed by atoms with Crippen LogP contribution < -0.4 is 0 Å². The van der Waals surface area contributed by atoms with Crippen LogP contribution in [0.5, 0.6) is 0 Å². The summed E-state index contributed by atoms with van der Waals surface area (Å²) in [7, 11) is 0. The number of Topliss-reactive ketones (excluding diaryl/α,β-unsaturated/α-hetero) is 1. The molecule has 0 aliphatic rings. The molecule has 106 valence electrons. The van der Waals surface area contributed by atoms with Gasteiger partial charge in [0, 0.05) is 16.0 Å². The number of rotatable bonds is 5. The quantitative estimate of drug-likeness (QED) is 0.609. The average molecular weight is 312 g/mol. The Morgan fingerprint density at radius 3 is 2.86 bits per heavy atom. The highest BCUT2D eigenvalue weighted by Gasteiger charge is 2.09.